The van der Waals surface area contributed by atoms with Crippen molar-refractivity contribution in [1.29, 1.82) is 0 Å². The first-order chi connectivity index (χ1) is 14.4. The molecule has 2 heterocycles. The van der Waals surface area contributed by atoms with E-state index in [1.165, 1.54) is 6.07 Å². The van der Waals surface area contributed by atoms with Crippen LogP contribution in [0.15, 0.2) is 12.1 Å². The second-order valence-electron chi connectivity index (χ2n) is 10.2. The minimum Gasteiger partial charge on any atom is -0.444 e. The van der Waals surface area contributed by atoms with Crippen molar-refractivity contribution in [3.63, 3.8) is 0 Å². The lowest BCUT2D eigenvalue weighted by Crippen LogP contribution is -2.53. The van der Waals surface area contributed by atoms with Crippen molar-refractivity contribution in [2.75, 3.05) is 19.6 Å². The monoisotopic (exact) mass is 452 g/mol. The molecule has 3 rings (SSSR count). The number of amides is 2. The SMILES string of the molecule is Cc1cc(Cl)cc(F)c1C1[C@H](C)CN(C(=O)C2CCCN2C(=O)OC(C)(C)C)C[C@@H]1C. The molecule has 7 heteroatoms. The second kappa shape index (κ2) is 8.97. The average Bonchev–Trinajstić information content (AvgIpc) is 3.10. The molecule has 1 aromatic carbocycles. The molecule has 2 amide bonds. The molecular formula is C24H34ClFN2O3. The van der Waals surface area contributed by atoms with Crippen LogP contribution in [0.1, 0.15) is 64.5 Å². The summed E-state index contributed by atoms with van der Waals surface area (Å²) in [7, 11) is 0. The van der Waals surface area contributed by atoms with Crippen LogP contribution in [0.5, 0.6) is 0 Å². The van der Waals surface area contributed by atoms with E-state index in [9.17, 15) is 14.0 Å². The van der Waals surface area contributed by atoms with E-state index < -0.39 is 17.7 Å². The number of halogens is 2. The van der Waals surface area contributed by atoms with Gasteiger partial charge in [0.2, 0.25) is 5.91 Å². The Kier molecular flexibility index (Phi) is 6.90. The van der Waals surface area contributed by atoms with Crippen LogP contribution in [0, 0.1) is 24.6 Å². The lowest BCUT2D eigenvalue weighted by atomic mass is 9.73. The molecule has 4 atom stereocenters. The third kappa shape index (κ3) is 5.16. The summed E-state index contributed by atoms with van der Waals surface area (Å²) in [6, 6.07) is 2.69. The van der Waals surface area contributed by atoms with Gasteiger partial charge in [0.15, 0.2) is 0 Å². The van der Waals surface area contributed by atoms with Crippen molar-refractivity contribution in [2.24, 2.45) is 11.8 Å². The Bertz CT molecular complexity index is 819. The molecule has 172 valence electrons. The second-order valence-corrected chi connectivity index (χ2v) is 10.6. The standard InChI is InChI=1S/C24H34ClFN2O3/c1-14-10-17(25)11-18(26)21(14)20-15(2)12-27(13-16(20)3)22(29)19-8-7-9-28(19)23(30)31-24(4,5)6/h10-11,15-16,19-20H,7-9,12-13H2,1-6H3/t15-,16+,19?,20?. The first-order valence-corrected chi connectivity index (χ1v) is 11.5. The maximum absolute atomic E-state index is 14.8. The number of likely N-dealkylation sites (tertiary alicyclic amines) is 2. The van der Waals surface area contributed by atoms with Crippen molar-refractivity contribution < 1.29 is 18.7 Å². The Balaban J connectivity index is 1.75. The summed E-state index contributed by atoms with van der Waals surface area (Å²) in [5.41, 5.74) is 0.947. The third-order valence-electron chi connectivity index (χ3n) is 6.35. The van der Waals surface area contributed by atoms with E-state index in [2.05, 4.69) is 13.8 Å². The first kappa shape index (κ1) is 23.8. The van der Waals surface area contributed by atoms with E-state index in [4.69, 9.17) is 16.3 Å². The summed E-state index contributed by atoms with van der Waals surface area (Å²) in [6.07, 6.45) is 0.996. The van der Waals surface area contributed by atoms with Gasteiger partial charge in [-0.25, -0.2) is 9.18 Å². The van der Waals surface area contributed by atoms with E-state index >= 15 is 0 Å². The van der Waals surface area contributed by atoms with Gasteiger partial charge in [-0.1, -0.05) is 25.4 Å². The zero-order valence-electron chi connectivity index (χ0n) is 19.4. The van der Waals surface area contributed by atoms with Gasteiger partial charge in [-0.15, -0.1) is 0 Å². The molecule has 0 radical (unpaired) electrons. The molecule has 2 fully saturated rings. The highest BCUT2D eigenvalue weighted by Gasteiger charge is 2.42. The number of rotatable bonds is 2. The molecule has 2 aliphatic heterocycles. The summed E-state index contributed by atoms with van der Waals surface area (Å²) >= 11 is 6.02. The molecule has 0 spiro atoms. The molecule has 0 bridgehead atoms. The molecule has 0 saturated carbocycles. The molecule has 31 heavy (non-hydrogen) atoms. The number of ether oxygens (including phenoxy) is 1. The lowest BCUT2D eigenvalue weighted by molar-refractivity contribution is -0.139. The quantitative estimate of drug-likeness (QED) is 0.604. The predicted molar refractivity (Wildman–Crippen MR) is 120 cm³/mol. The molecule has 0 N–H and O–H groups in total. The van der Waals surface area contributed by atoms with E-state index in [1.54, 1.807) is 11.0 Å². The summed E-state index contributed by atoms with van der Waals surface area (Å²) in [6.45, 7) is 13.1. The summed E-state index contributed by atoms with van der Waals surface area (Å²) < 4.78 is 20.3. The number of aryl methyl sites for hydroxylation is 1. The number of hydrogen-bond acceptors (Lipinski definition) is 3. The van der Waals surface area contributed by atoms with Gasteiger partial charge in [0, 0.05) is 24.7 Å². The van der Waals surface area contributed by atoms with Gasteiger partial charge in [-0.05, 0) is 81.5 Å². The maximum atomic E-state index is 14.8. The minimum absolute atomic E-state index is 0.00635. The zero-order chi connectivity index (χ0) is 23.1. The minimum atomic E-state index is -0.602. The van der Waals surface area contributed by atoms with Crippen LogP contribution in [0.3, 0.4) is 0 Å². The number of hydrogen-bond donors (Lipinski definition) is 0. The predicted octanol–water partition coefficient (Wildman–Crippen LogP) is 5.39. The van der Waals surface area contributed by atoms with Crippen LogP contribution in [-0.2, 0) is 9.53 Å². The largest absolute Gasteiger partial charge is 0.444 e. The van der Waals surface area contributed by atoms with Crippen LogP contribution in [0.2, 0.25) is 5.02 Å². The Morgan fingerprint density at radius 1 is 1.16 bits per heavy atom. The molecule has 2 unspecified atom stereocenters. The number of nitrogens with zero attached hydrogens (tertiary/aromatic N) is 2. The van der Waals surface area contributed by atoms with Gasteiger partial charge < -0.3 is 9.64 Å². The third-order valence-corrected chi connectivity index (χ3v) is 6.57. The van der Waals surface area contributed by atoms with Gasteiger partial charge in [0.05, 0.1) is 0 Å². The summed E-state index contributed by atoms with van der Waals surface area (Å²) in [5.74, 6) is -0.141. The Morgan fingerprint density at radius 2 is 1.77 bits per heavy atom. The van der Waals surface area contributed by atoms with Crippen LogP contribution >= 0.6 is 11.6 Å². The topological polar surface area (TPSA) is 49.9 Å². The molecular weight excluding hydrogens is 419 g/mol. The van der Waals surface area contributed by atoms with E-state index in [0.717, 1.165) is 12.0 Å². The van der Waals surface area contributed by atoms with Crippen molar-refractivity contribution >= 4 is 23.6 Å². The highest BCUT2D eigenvalue weighted by molar-refractivity contribution is 6.30. The van der Waals surface area contributed by atoms with Gasteiger partial charge in [0.25, 0.3) is 0 Å². The number of benzene rings is 1. The molecule has 2 saturated heterocycles. The van der Waals surface area contributed by atoms with Crippen LogP contribution in [-0.4, -0.2) is 53.1 Å². The Labute approximate surface area is 189 Å². The fourth-order valence-electron chi connectivity index (χ4n) is 5.22. The molecule has 1 aromatic rings. The van der Waals surface area contributed by atoms with Gasteiger partial charge in [-0.3, -0.25) is 9.69 Å². The van der Waals surface area contributed by atoms with Crippen molar-refractivity contribution in [3.05, 3.63) is 34.1 Å². The van der Waals surface area contributed by atoms with Crippen molar-refractivity contribution in [1.82, 2.24) is 9.80 Å². The molecule has 5 nitrogen and oxygen atoms in total. The van der Waals surface area contributed by atoms with Crippen LogP contribution in [0.4, 0.5) is 9.18 Å². The highest BCUT2D eigenvalue weighted by Crippen LogP contribution is 2.41. The molecule has 0 aliphatic carbocycles. The summed E-state index contributed by atoms with van der Waals surface area (Å²) in [5, 5.41) is 0.398. The number of carbonyl (C=O) groups is 2. The highest BCUT2D eigenvalue weighted by atomic mass is 35.5. The first-order valence-electron chi connectivity index (χ1n) is 11.1. The average molecular weight is 453 g/mol. The van der Waals surface area contributed by atoms with Crippen LogP contribution < -0.4 is 0 Å². The van der Waals surface area contributed by atoms with E-state index in [0.29, 0.717) is 36.6 Å². The number of carbonyl (C=O) groups excluding carboxylic acids is 2. The van der Waals surface area contributed by atoms with Gasteiger partial charge >= 0.3 is 6.09 Å². The maximum Gasteiger partial charge on any atom is 0.410 e. The van der Waals surface area contributed by atoms with Crippen LogP contribution in [0.25, 0.3) is 0 Å². The Hall–Kier alpha value is -1.82. The van der Waals surface area contributed by atoms with Gasteiger partial charge in [0.1, 0.15) is 17.5 Å². The van der Waals surface area contributed by atoms with E-state index in [-0.39, 0.29) is 29.5 Å². The lowest BCUT2D eigenvalue weighted by Gasteiger charge is -2.43. The van der Waals surface area contributed by atoms with E-state index in [1.807, 2.05) is 32.6 Å². The zero-order valence-corrected chi connectivity index (χ0v) is 20.1. The van der Waals surface area contributed by atoms with Crippen molar-refractivity contribution in [2.45, 2.75) is 71.9 Å². The van der Waals surface area contributed by atoms with Gasteiger partial charge in [-0.2, -0.15) is 0 Å². The summed E-state index contributed by atoms with van der Waals surface area (Å²) in [4.78, 5) is 29.4. The fraction of sp³-hybridized carbons (Fsp3) is 0.667. The smallest absolute Gasteiger partial charge is 0.410 e. The fourth-order valence-corrected chi connectivity index (χ4v) is 5.47. The molecule has 2 aliphatic rings. The molecule has 0 aromatic heterocycles. The van der Waals surface area contributed by atoms with Crippen molar-refractivity contribution in [3.8, 4) is 0 Å². The number of piperidine rings is 1. The normalized spacial score (nSPS) is 26.8. The Morgan fingerprint density at radius 3 is 2.32 bits per heavy atom.